The molecule has 0 spiro atoms. The zero-order valence-corrected chi connectivity index (χ0v) is 48.5. The minimum Gasteiger partial charge on any atom is -0.379 e. The molecule has 0 fully saturated rings. The topological polar surface area (TPSA) is 140 Å². The molecule has 0 saturated carbocycles. The summed E-state index contributed by atoms with van der Waals surface area (Å²) in [6.45, 7) is 31.3. The second-order valence-electron chi connectivity index (χ2n) is 21.2. The van der Waals surface area contributed by atoms with Gasteiger partial charge in [-0.3, -0.25) is 14.4 Å². The zero-order chi connectivity index (χ0) is 55.2. The maximum absolute atomic E-state index is 13.5. The van der Waals surface area contributed by atoms with Gasteiger partial charge in [0.2, 0.25) is 11.8 Å². The quantitative estimate of drug-likeness (QED) is 0.0346. The van der Waals surface area contributed by atoms with Crippen LogP contribution in [0.2, 0.25) is 0 Å². The van der Waals surface area contributed by atoms with Gasteiger partial charge in [0.05, 0.1) is 85.9 Å². The van der Waals surface area contributed by atoms with Gasteiger partial charge in [-0.25, -0.2) is 0 Å². The maximum atomic E-state index is 13.5. The van der Waals surface area contributed by atoms with Gasteiger partial charge in [-0.2, -0.15) is 0 Å². The molecular formula is C63H100N2O10. The summed E-state index contributed by atoms with van der Waals surface area (Å²) in [6.07, 6.45) is 33.1. The van der Waals surface area contributed by atoms with E-state index in [2.05, 4.69) is 102 Å². The molecule has 2 N–H and O–H groups in total. The third-order valence-electron chi connectivity index (χ3n) is 13.4. The van der Waals surface area contributed by atoms with E-state index in [1.54, 1.807) is 12.2 Å². The highest BCUT2D eigenvalue weighted by Crippen LogP contribution is 2.42. The Morgan fingerprint density at radius 3 is 1.40 bits per heavy atom. The van der Waals surface area contributed by atoms with E-state index in [1.165, 1.54) is 54.4 Å². The molecule has 12 heteroatoms. The van der Waals surface area contributed by atoms with Crippen LogP contribution in [0.15, 0.2) is 117 Å². The molecule has 1 atom stereocenters. The number of carbonyl (C=O) groups excluding carboxylic acids is 3. The molecule has 0 unspecified atom stereocenters. The number of ether oxygens (including phenoxy) is 7. The van der Waals surface area contributed by atoms with Crippen molar-refractivity contribution < 1.29 is 47.5 Å². The Kier molecular flexibility index (Phi) is 35.7. The van der Waals surface area contributed by atoms with Crippen molar-refractivity contribution >= 4 is 17.6 Å². The average molecular weight is 1050 g/mol. The van der Waals surface area contributed by atoms with Gasteiger partial charge in [0, 0.05) is 38.1 Å². The molecule has 422 valence electrons. The molecule has 0 aromatic heterocycles. The fraction of sp³-hybridized carbons (Fsp3) is 0.635. The molecule has 0 radical (unpaired) electrons. The van der Waals surface area contributed by atoms with Crippen molar-refractivity contribution in [2.75, 3.05) is 106 Å². The van der Waals surface area contributed by atoms with Gasteiger partial charge < -0.3 is 43.8 Å². The number of allylic oxidation sites excluding steroid dienone is 19. The van der Waals surface area contributed by atoms with Crippen molar-refractivity contribution in [3.8, 4) is 0 Å². The van der Waals surface area contributed by atoms with Gasteiger partial charge in [-0.1, -0.05) is 117 Å². The van der Waals surface area contributed by atoms with Crippen molar-refractivity contribution in [1.82, 2.24) is 10.6 Å². The summed E-state index contributed by atoms with van der Waals surface area (Å²) in [5.74, 6) is -0.977. The first kappa shape index (κ1) is 66.8. The molecule has 2 aliphatic carbocycles. The second-order valence-corrected chi connectivity index (χ2v) is 21.2. The molecule has 0 bridgehead atoms. The van der Waals surface area contributed by atoms with E-state index in [0.717, 1.165) is 28.7 Å². The first-order valence-corrected chi connectivity index (χ1v) is 27.9. The largest absolute Gasteiger partial charge is 0.379 e. The lowest BCUT2D eigenvalue weighted by molar-refractivity contribution is -0.128. The van der Waals surface area contributed by atoms with Crippen LogP contribution in [0.5, 0.6) is 0 Å². The predicted molar refractivity (Wildman–Crippen MR) is 307 cm³/mol. The Morgan fingerprint density at radius 1 is 0.533 bits per heavy atom. The van der Waals surface area contributed by atoms with Gasteiger partial charge in [0.1, 0.15) is 0 Å². The van der Waals surface area contributed by atoms with E-state index < -0.39 is 5.92 Å². The number of hydrogen-bond acceptors (Lipinski definition) is 10. The van der Waals surface area contributed by atoms with Crippen molar-refractivity contribution in [2.24, 2.45) is 16.7 Å². The van der Waals surface area contributed by atoms with Crippen molar-refractivity contribution in [2.45, 2.75) is 140 Å². The van der Waals surface area contributed by atoms with Crippen LogP contribution in [-0.2, 0) is 47.5 Å². The van der Waals surface area contributed by atoms with Gasteiger partial charge >= 0.3 is 0 Å². The van der Waals surface area contributed by atoms with Gasteiger partial charge in [0.15, 0.2) is 5.78 Å². The summed E-state index contributed by atoms with van der Waals surface area (Å²) in [5, 5.41) is 5.95. The fourth-order valence-electron chi connectivity index (χ4n) is 9.08. The lowest BCUT2D eigenvalue weighted by Crippen LogP contribution is -2.34. The molecule has 2 amide bonds. The lowest BCUT2D eigenvalue weighted by atomic mass is 9.72. The van der Waals surface area contributed by atoms with E-state index >= 15 is 0 Å². The first-order valence-electron chi connectivity index (χ1n) is 27.9. The van der Waals surface area contributed by atoms with Crippen LogP contribution >= 0.6 is 0 Å². The molecule has 2 rings (SSSR count). The Morgan fingerprint density at radius 2 is 0.960 bits per heavy atom. The Labute approximate surface area is 454 Å². The highest BCUT2D eigenvalue weighted by Gasteiger charge is 2.27. The smallest absolute Gasteiger partial charge is 0.244 e. The Hall–Kier alpha value is -4.27. The Balaban J connectivity index is 1.82. The number of ketones is 1. The van der Waals surface area contributed by atoms with E-state index in [9.17, 15) is 14.4 Å². The first-order chi connectivity index (χ1) is 35.9. The van der Waals surface area contributed by atoms with Crippen LogP contribution < -0.4 is 10.6 Å². The maximum Gasteiger partial charge on any atom is 0.244 e. The molecular weight excluding hydrogens is 945 g/mol. The summed E-state index contributed by atoms with van der Waals surface area (Å²) in [6, 6.07) is 0. The van der Waals surface area contributed by atoms with Crippen LogP contribution in [-0.4, -0.2) is 123 Å². The Bertz CT molecular complexity index is 2010. The van der Waals surface area contributed by atoms with Crippen molar-refractivity contribution in [1.29, 1.82) is 0 Å². The highest BCUT2D eigenvalue weighted by atomic mass is 16.6. The summed E-state index contributed by atoms with van der Waals surface area (Å²) in [7, 11) is 0. The molecule has 0 aromatic rings. The molecule has 2 aliphatic rings. The monoisotopic (exact) mass is 1040 g/mol. The normalized spacial score (nSPS) is 17.4. The highest BCUT2D eigenvalue weighted by molar-refractivity contribution is 5.94. The van der Waals surface area contributed by atoms with Crippen LogP contribution in [0.3, 0.4) is 0 Å². The fourth-order valence-corrected chi connectivity index (χ4v) is 9.08. The molecule has 0 saturated heterocycles. The summed E-state index contributed by atoms with van der Waals surface area (Å²) in [5.41, 5.74) is 10.1. The van der Waals surface area contributed by atoms with Crippen LogP contribution in [0.1, 0.15) is 140 Å². The molecule has 12 nitrogen and oxygen atoms in total. The van der Waals surface area contributed by atoms with Crippen molar-refractivity contribution in [3.05, 3.63) is 117 Å². The van der Waals surface area contributed by atoms with Gasteiger partial charge in [-0.05, 0) is 139 Å². The number of amides is 2. The predicted octanol–water partition coefficient (Wildman–Crippen LogP) is 12.2. The van der Waals surface area contributed by atoms with E-state index in [4.69, 9.17) is 33.2 Å². The molecule has 0 heterocycles. The summed E-state index contributed by atoms with van der Waals surface area (Å²) < 4.78 is 38.5. The van der Waals surface area contributed by atoms with Crippen molar-refractivity contribution in [3.63, 3.8) is 0 Å². The van der Waals surface area contributed by atoms with E-state index in [-0.39, 0.29) is 34.8 Å². The van der Waals surface area contributed by atoms with E-state index in [0.29, 0.717) is 125 Å². The number of unbranched alkanes of at least 4 members (excludes halogenated alkanes) is 1. The van der Waals surface area contributed by atoms with Gasteiger partial charge in [-0.15, -0.1) is 0 Å². The standard InChI is InChI=1S/C63H100N2O10/c1-12-69-35-36-71-39-40-73-43-44-75-46-45-74-42-41-72-38-37-70-34-33-65-61(68)56(49-57(66)47-52(4)21-15-19-50(2)26-28-58-54(6)23-17-30-62(58,8)9)25-13-14-32-64-60(67)48-53(5)22-16-20-51(3)27-29-59-55(7)24-18-31-63(59,10)11/h15-16,19-22,26-29,47-48,56H,12-14,17-18,23-25,30-46,49H2,1-11H3,(H,64,67)(H,65,68)/b21-15+,22-16+,28-26+,29-27+,50-19+,51-20+,52-47+,53-48+/t56-/m0/s1. The third-order valence-corrected chi connectivity index (χ3v) is 13.4. The van der Waals surface area contributed by atoms with Crippen LogP contribution in [0.25, 0.3) is 0 Å². The SMILES string of the molecule is CCOCCOCCOCCOCCOCCOCCOCCNC(=O)[C@@H](CCCCNC(=O)/C=C(C)/C=C/C=C(C)/C=C/C1=C(C)CCCC1(C)C)CC(=O)/C=C(C)/C=C/C=C(C)/C=C/C1=C(C)CCCC1(C)C. The zero-order valence-electron chi connectivity index (χ0n) is 48.5. The average Bonchev–Trinajstić information content (AvgIpc) is 3.34. The minimum atomic E-state index is -0.521. The summed E-state index contributed by atoms with van der Waals surface area (Å²) >= 11 is 0. The molecule has 0 aromatic carbocycles. The molecule has 75 heavy (non-hydrogen) atoms. The third kappa shape index (κ3) is 32.2. The van der Waals surface area contributed by atoms with E-state index in [1.807, 2.05) is 45.1 Å². The van der Waals surface area contributed by atoms with Crippen LogP contribution in [0.4, 0.5) is 0 Å². The summed E-state index contributed by atoms with van der Waals surface area (Å²) in [4.78, 5) is 39.6. The minimum absolute atomic E-state index is 0.0852. The lowest BCUT2D eigenvalue weighted by Gasteiger charge is -2.33. The number of carbonyl (C=O) groups is 3. The van der Waals surface area contributed by atoms with Gasteiger partial charge in [0.25, 0.3) is 0 Å². The number of nitrogens with one attached hydrogen (secondary N) is 2. The second kappa shape index (κ2) is 40.0. The number of rotatable bonds is 40. The van der Waals surface area contributed by atoms with Crippen LogP contribution in [0, 0.1) is 16.7 Å². The molecule has 0 aliphatic heterocycles. The number of hydrogen-bond donors (Lipinski definition) is 2.